The highest BCUT2D eigenvalue weighted by atomic mass is 16.5. The topological polar surface area (TPSA) is 133 Å². The molecule has 5 aromatic rings. The maximum Gasteiger partial charge on any atom is 0.251 e. The number of nitrogens with one attached hydrogen (secondary N) is 2. The molecule has 0 saturated heterocycles. The Balaban J connectivity index is 1.30. The van der Waals surface area contributed by atoms with Gasteiger partial charge in [0.05, 0.1) is 22.7 Å². The standard InChI is InChI=1S/C37H39N7O2/c1-26(38)33(14-7-21-42-37(39)18-8-19-37)44-34-16-15-29(36(45)41-22-17-27-9-6-20-40-25-27)24-32(34)43-35(44)28-10-5-13-31(23-28)46-30-11-3-2-4-12-30/h2-6,8-13,15-16,18,20,23-25,33,42H,1,7,14,17,19,21-22,38-39H2,(H,41,45)/t33-,37?/m0/s1. The number of rotatable bonds is 14. The minimum absolute atomic E-state index is 0.160. The van der Waals surface area contributed by atoms with Crippen molar-refractivity contribution in [3.63, 3.8) is 0 Å². The Morgan fingerprint density at radius 1 is 1.02 bits per heavy atom. The minimum atomic E-state index is -0.434. The van der Waals surface area contributed by atoms with Gasteiger partial charge in [0.25, 0.3) is 5.91 Å². The molecule has 0 aliphatic heterocycles. The second-order valence-electron chi connectivity index (χ2n) is 11.6. The van der Waals surface area contributed by atoms with Crippen molar-refractivity contribution < 1.29 is 9.53 Å². The van der Waals surface area contributed by atoms with Gasteiger partial charge in [-0.2, -0.15) is 0 Å². The van der Waals surface area contributed by atoms with Gasteiger partial charge in [-0.3, -0.25) is 15.1 Å². The average molecular weight is 614 g/mol. The SMILES string of the molecule is C=C(N)[C@H](CCCNC1(N)C=CC1)n1c(-c2cccc(Oc3ccccc3)c2)nc2cc(C(=O)NCCc3cccnc3)ccc21. The van der Waals surface area contributed by atoms with Crippen molar-refractivity contribution >= 4 is 16.9 Å². The monoisotopic (exact) mass is 613 g/mol. The lowest BCUT2D eigenvalue weighted by Gasteiger charge is -2.32. The van der Waals surface area contributed by atoms with Crippen LogP contribution in [0.15, 0.2) is 122 Å². The van der Waals surface area contributed by atoms with Crippen LogP contribution in [0, 0.1) is 0 Å². The fraction of sp³-hybridized carbons (Fsp3) is 0.216. The van der Waals surface area contributed by atoms with Gasteiger partial charge in [-0.05, 0) is 79.9 Å². The van der Waals surface area contributed by atoms with Gasteiger partial charge in [0.1, 0.15) is 17.3 Å². The molecule has 234 valence electrons. The van der Waals surface area contributed by atoms with Crippen LogP contribution in [0.3, 0.4) is 0 Å². The first-order valence-electron chi connectivity index (χ1n) is 15.6. The predicted molar refractivity (Wildman–Crippen MR) is 182 cm³/mol. The van der Waals surface area contributed by atoms with E-state index in [1.54, 1.807) is 6.20 Å². The van der Waals surface area contributed by atoms with E-state index in [9.17, 15) is 4.79 Å². The van der Waals surface area contributed by atoms with E-state index in [0.717, 1.165) is 48.2 Å². The molecule has 0 saturated carbocycles. The summed E-state index contributed by atoms with van der Waals surface area (Å²) in [7, 11) is 0. The van der Waals surface area contributed by atoms with E-state index < -0.39 is 5.66 Å². The molecular weight excluding hydrogens is 574 g/mol. The van der Waals surface area contributed by atoms with Crippen LogP contribution in [0.4, 0.5) is 0 Å². The Kier molecular flexibility index (Phi) is 9.23. The van der Waals surface area contributed by atoms with E-state index in [-0.39, 0.29) is 11.9 Å². The summed E-state index contributed by atoms with van der Waals surface area (Å²) in [5, 5.41) is 6.45. The van der Waals surface area contributed by atoms with Crippen LogP contribution in [0.2, 0.25) is 0 Å². The highest BCUT2D eigenvalue weighted by molar-refractivity contribution is 5.98. The fourth-order valence-electron chi connectivity index (χ4n) is 5.65. The number of pyridine rings is 1. The normalized spacial score (nSPS) is 16.1. The van der Waals surface area contributed by atoms with Crippen molar-refractivity contribution in [2.75, 3.05) is 13.1 Å². The molecule has 2 aromatic heterocycles. The molecule has 0 radical (unpaired) electrons. The first-order valence-corrected chi connectivity index (χ1v) is 15.6. The summed E-state index contributed by atoms with van der Waals surface area (Å²) in [6.07, 6.45) is 10.6. The quantitative estimate of drug-likeness (QED) is 0.0700. The zero-order valence-corrected chi connectivity index (χ0v) is 25.7. The molecule has 0 fully saturated rings. The summed E-state index contributed by atoms with van der Waals surface area (Å²) < 4.78 is 8.28. The van der Waals surface area contributed by atoms with Gasteiger partial charge < -0.3 is 26.1 Å². The number of carbonyl (C=O) groups excluding carboxylic acids is 1. The maximum absolute atomic E-state index is 13.2. The van der Waals surface area contributed by atoms with Gasteiger partial charge in [0.15, 0.2) is 0 Å². The molecule has 9 heteroatoms. The van der Waals surface area contributed by atoms with Crippen molar-refractivity contribution in [2.45, 2.75) is 37.4 Å². The van der Waals surface area contributed by atoms with Crippen molar-refractivity contribution in [1.29, 1.82) is 0 Å². The van der Waals surface area contributed by atoms with Crippen LogP contribution in [0.1, 0.15) is 41.2 Å². The summed E-state index contributed by atoms with van der Waals surface area (Å²) in [5.74, 6) is 1.98. The van der Waals surface area contributed by atoms with Crippen LogP contribution in [-0.4, -0.2) is 39.2 Å². The minimum Gasteiger partial charge on any atom is -0.457 e. The van der Waals surface area contributed by atoms with Crippen molar-refractivity contribution in [1.82, 2.24) is 25.2 Å². The molecule has 1 aliphatic rings. The molecule has 3 aromatic carbocycles. The van der Waals surface area contributed by atoms with Crippen molar-refractivity contribution in [3.05, 3.63) is 133 Å². The fourth-order valence-corrected chi connectivity index (χ4v) is 5.65. The molecule has 1 aliphatic carbocycles. The van der Waals surface area contributed by atoms with E-state index in [4.69, 9.17) is 21.2 Å². The lowest BCUT2D eigenvalue weighted by Crippen LogP contribution is -2.55. The number of allylic oxidation sites excluding steroid dienone is 1. The highest BCUT2D eigenvalue weighted by Gasteiger charge is 2.26. The number of aromatic nitrogens is 3. The molecule has 6 rings (SSSR count). The first-order chi connectivity index (χ1) is 22.4. The van der Waals surface area contributed by atoms with Crippen LogP contribution < -0.4 is 26.8 Å². The molecule has 0 bridgehead atoms. The second-order valence-corrected chi connectivity index (χ2v) is 11.6. The summed E-state index contributed by atoms with van der Waals surface area (Å²) >= 11 is 0. The average Bonchev–Trinajstić information content (AvgIpc) is 3.43. The number of ether oxygens (including phenoxy) is 1. The van der Waals surface area contributed by atoms with Gasteiger partial charge >= 0.3 is 0 Å². The molecule has 1 amide bonds. The lowest BCUT2D eigenvalue weighted by molar-refractivity contribution is 0.0954. The Bertz CT molecular complexity index is 1850. The Labute approximate surface area is 269 Å². The molecule has 9 nitrogen and oxygen atoms in total. The summed E-state index contributed by atoms with van der Waals surface area (Å²) in [5.41, 5.74) is 16.9. The number of hydrogen-bond donors (Lipinski definition) is 4. The van der Waals surface area contributed by atoms with Crippen molar-refractivity contribution in [2.24, 2.45) is 11.5 Å². The van der Waals surface area contributed by atoms with Crippen LogP contribution in [0.5, 0.6) is 11.5 Å². The smallest absolute Gasteiger partial charge is 0.251 e. The Morgan fingerprint density at radius 2 is 1.85 bits per heavy atom. The zero-order valence-electron chi connectivity index (χ0n) is 25.7. The lowest BCUT2D eigenvalue weighted by atomic mass is 9.96. The third kappa shape index (κ3) is 7.17. The van der Waals surface area contributed by atoms with Gasteiger partial charge in [0.2, 0.25) is 0 Å². The zero-order chi connectivity index (χ0) is 31.9. The number of para-hydroxylation sites is 1. The largest absolute Gasteiger partial charge is 0.457 e. The van der Waals surface area contributed by atoms with Crippen LogP contribution in [0.25, 0.3) is 22.4 Å². The Morgan fingerprint density at radius 3 is 2.59 bits per heavy atom. The number of nitrogens with zero attached hydrogens (tertiary/aromatic N) is 3. The molecular formula is C37H39N7O2. The van der Waals surface area contributed by atoms with Crippen LogP contribution in [-0.2, 0) is 6.42 Å². The number of fused-ring (bicyclic) bond motifs is 1. The van der Waals surface area contributed by atoms with Gasteiger partial charge in [-0.25, -0.2) is 4.98 Å². The summed E-state index contributed by atoms with van der Waals surface area (Å²) in [4.78, 5) is 22.4. The maximum atomic E-state index is 13.2. The first kappa shape index (κ1) is 30.8. The second kappa shape index (κ2) is 13.8. The molecule has 2 heterocycles. The molecule has 0 spiro atoms. The van der Waals surface area contributed by atoms with Crippen molar-refractivity contribution in [3.8, 4) is 22.9 Å². The summed E-state index contributed by atoms with van der Waals surface area (Å²) in [6, 6.07) is 26.7. The van der Waals surface area contributed by atoms with E-state index in [2.05, 4.69) is 32.8 Å². The number of hydrogen-bond acceptors (Lipinski definition) is 7. The van der Waals surface area contributed by atoms with Crippen LogP contribution >= 0.6 is 0 Å². The van der Waals surface area contributed by atoms with E-state index in [0.29, 0.717) is 41.3 Å². The van der Waals surface area contributed by atoms with Gasteiger partial charge in [-0.1, -0.05) is 55.1 Å². The Hall–Kier alpha value is -5.25. The number of amides is 1. The van der Waals surface area contributed by atoms with E-state index in [1.165, 1.54) is 0 Å². The number of carbonyl (C=O) groups is 1. The molecule has 2 atom stereocenters. The van der Waals surface area contributed by atoms with Gasteiger partial charge in [0, 0.05) is 42.2 Å². The van der Waals surface area contributed by atoms with E-state index >= 15 is 0 Å². The molecule has 6 N–H and O–H groups in total. The van der Waals surface area contributed by atoms with Gasteiger partial charge in [-0.15, -0.1) is 0 Å². The third-order valence-electron chi connectivity index (χ3n) is 8.16. The molecule has 1 unspecified atom stereocenters. The highest BCUT2D eigenvalue weighted by Crippen LogP contribution is 2.35. The van der Waals surface area contributed by atoms with E-state index in [1.807, 2.05) is 97.2 Å². The number of benzene rings is 3. The summed E-state index contributed by atoms with van der Waals surface area (Å²) in [6.45, 7) is 5.40. The third-order valence-corrected chi connectivity index (χ3v) is 8.16. The number of imidazole rings is 1. The predicted octanol–water partition coefficient (Wildman–Crippen LogP) is 5.86. The molecule has 46 heavy (non-hydrogen) atoms. The number of nitrogens with two attached hydrogens (primary N) is 2.